The summed E-state index contributed by atoms with van der Waals surface area (Å²) in [5.74, 6) is 0.0549. The number of amides is 1. The van der Waals surface area contributed by atoms with Crippen molar-refractivity contribution in [3.8, 4) is 0 Å². The smallest absolute Gasteiger partial charge is 0.236 e. The summed E-state index contributed by atoms with van der Waals surface area (Å²) in [5.41, 5.74) is 0. The highest BCUT2D eigenvalue weighted by Crippen LogP contribution is 2.15. The number of halogens is 1. The van der Waals surface area contributed by atoms with Gasteiger partial charge in [0.15, 0.2) is 0 Å². The third-order valence-electron chi connectivity index (χ3n) is 2.33. The van der Waals surface area contributed by atoms with Gasteiger partial charge >= 0.3 is 0 Å². The third-order valence-corrected chi connectivity index (χ3v) is 2.72. The quantitative estimate of drug-likeness (QED) is 0.735. The van der Waals surface area contributed by atoms with Crippen molar-refractivity contribution < 1.29 is 14.6 Å². The van der Waals surface area contributed by atoms with E-state index in [1.54, 1.807) is 11.8 Å². The monoisotopic (exact) mass is 265 g/mol. The van der Waals surface area contributed by atoms with E-state index in [-0.39, 0.29) is 29.5 Å². The van der Waals surface area contributed by atoms with Crippen molar-refractivity contribution in [2.45, 2.75) is 30.8 Å². The number of morpholine rings is 1. The third kappa shape index (κ3) is 2.68. The zero-order valence-electron chi connectivity index (χ0n) is 8.44. The first kappa shape index (κ1) is 11.9. The molecule has 5 heteroatoms. The summed E-state index contributed by atoms with van der Waals surface area (Å²) in [7, 11) is 0. The minimum atomic E-state index is -0.235. The molecule has 3 unspecified atom stereocenters. The summed E-state index contributed by atoms with van der Waals surface area (Å²) in [5, 5.41) is 8.94. The Balaban J connectivity index is 2.60. The molecule has 1 amide bonds. The second kappa shape index (κ2) is 5.09. The van der Waals surface area contributed by atoms with Crippen molar-refractivity contribution in [2.75, 3.05) is 19.8 Å². The molecule has 1 saturated heterocycles. The minimum absolute atomic E-state index is 0.0346. The minimum Gasteiger partial charge on any atom is -0.394 e. The maximum Gasteiger partial charge on any atom is 0.236 e. The average molecular weight is 266 g/mol. The van der Waals surface area contributed by atoms with E-state index in [9.17, 15) is 4.79 Å². The van der Waals surface area contributed by atoms with Gasteiger partial charge in [-0.05, 0) is 13.8 Å². The number of rotatable bonds is 2. The molecule has 1 aliphatic rings. The molecule has 0 aliphatic carbocycles. The van der Waals surface area contributed by atoms with Crippen LogP contribution in [0.2, 0.25) is 0 Å². The van der Waals surface area contributed by atoms with Gasteiger partial charge in [-0.2, -0.15) is 0 Å². The van der Waals surface area contributed by atoms with Gasteiger partial charge in [-0.25, -0.2) is 0 Å². The summed E-state index contributed by atoms with van der Waals surface area (Å²) >= 11 is 3.25. The SMILES string of the molecule is CC(Br)C(=O)N1CC(CO)OCC1C. The molecule has 1 rings (SSSR count). The average Bonchev–Trinajstić information content (AvgIpc) is 2.17. The maximum absolute atomic E-state index is 11.7. The van der Waals surface area contributed by atoms with Crippen LogP contribution in [0.15, 0.2) is 0 Å². The number of aliphatic hydroxyl groups is 1. The Labute approximate surface area is 92.3 Å². The van der Waals surface area contributed by atoms with E-state index in [2.05, 4.69) is 15.9 Å². The number of alkyl halides is 1. The summed E-state index contributed by atoms with van der Waals surface area (Å²) in [6.45, 7) is 4.69. The zero-order valence-corrected chi connectivity index (χ0v) is 10.0. The Morgan fingerprint density at radius 2 is 2.43 bits per heavy atom. The lowest BCUT2D eigenvalue weighted by atomic mass is 10.2. The molecule has 0 spiro atoms. The summed E-state index contributed by atoms with van der Waals surface area (Å²) in [4.78, 5) is 13.3. The molecular formula is C9H16BrNO3. The first-order valence-corrected chi connectivity index (χ1v) is 5.64. The van der Waals surface area contributed by atoms with Crippen LogP contribution in [0.1, 0.15) is 13.8 Å². The molecule has 0 aromatic heterocycles. The standard InChI is InChI=1S/C9H16BrNO3/c1-6-5-14-8(4-12)3-11(6)9(13)7(2)10/h6-8,12H,3-5H2,1-2H3. The molecule has 1 heterocycles. The Hall–Kier alpha value is -0.130. The number of carbonyl (C=O) groups excluding carboxylic acids is 1. The van der Waals surface area contributed by atoms with E-state index in [1.165, 1.54) is 0 Å². The lowest BCUT2D eigenvalue weighted by Gasteiger charge is -2.38. The maximum atomic E-state index is 11.7. The summed E-state index contributed by atoms with van der Waals surface area (Å²) in [6.07, 6.45) is -0.235. The van der Waals surface area contributed by atoms with Crippen LogP contribution in [0.4, 0.5) is 0 Å². The van der Waals surface area contributed by atoms with Gasteiger partial charge in [0.25, 0.3) is 0 Å². The highest BCUT2D eigenvalue weighted by atomic mass is 79.9. The van der Waals surface area contributed by atoms with E-state index in [0.717, 1.165) is 0 Å². The molecule has 82 valence electrons. The molecule has 4 nitrogen and oxygen atoms in total. The first-order valence-electron chi connectivity index (χ1n) is 4.73. The highest BCUT2D eigenvalue weighted by Gasteiger charge is 2.30. The van der Waals surface area contributed by atoms with E-state index in [0.29, 0.717) is 13.2 Å². The van der Waals surface area contributed by atoms with Gasteiger partial charge in [0.05, 0.1) is 30.2 Å². The van der Waals surface area contributed by atoms with Crippen molar-refractivity contribution >= 4 is 21.8 Å². The van der Waals surface area contributed by atoms with Crippen LogP contribution in [0, 0.1) is 0 Å². The molecule has 0 radical (unpaired) electrons. The normalized spacial score (nSPS) is 30.1. The lowest BCUT2D eigenvalue weighted by molar-refractivity contribution is -0.145. The van der Waals surface area contributed by atoms with Crippen LogP contribution in [0.5, 0.6) is 0 Å². The lowest BCUT2D eigenvalue weighted by Crippen LogP contribution is -2.53. The zero-order chi connectivity index (χ0) is 10.7. The second-order valence-electron chi connectivity index (χ2n) is 3.59. The predicted molar refractivity (Wildman–Crippen MR) is 56.4 cm³/mol. The van der Waals surface area contributed by atoms with Gasteiger partial charge in [0.2, 0.25) is 5.91 Å². The largest absolute Gasteiger partial charge is 0.394 e. The molecular weight excluding hydrogens is 250 g/mol. The molecule has 0 bridgehead atoms. The Kier molecular flexibility index (Phi) is 4.34. The summed E-state index contributed by atoms with van der Waals surface area (Å²) < 4.78 is 5.34. The van der Waals surface area contributed by atoms with Crippen LogP contribution in [-0.4, -0.2) is 52.6 Å². The van der Waals surface area contributed by atoms with Crippen molar-refractivity contribution in [1.82, 2.24) is 4.90 Å². The van der Waals surface area contributed by atoms with E-state index in [4.69, 9.17) is 9.84 Å². The molecule has 3 atom stereocenters. The fraction of sp³-hybridized carbons (Fsp3) is 0.889. The number of nitrogens with zero attached hydrogens (tertiary/aromatic N) is 1. The second-order valence-corrected chi connectivity index (χ2v) is 4.97. The number of ether oxygens (including phenoxy) is 1. The van der Waals surface area contributed by atoms with Crippen molar-refractivity contribution in [1.29, 1.82) is 0 Å². The summed E-state index contributed by atoms with van der Waals surface area (Å²) in [6, 6.07) is 0.0882. The van der Waals surface area contributed by atoms with E-state index < -0.39 is 0 Å². The fourth-order valence-corrected chi connectivity index (χ4v) is 1.73. The molecule has 1 N–H and O–H groups in total. The Morgan fingerprint density at radius 1 is 1.79 bits per heavy atom. The molecule has 1 fully saturated rings. The van der Waals surface area contributed by atoms with Gasteiger partial charge in [0, 0.05) is 6.54 Å². The first-order chi connectivity index (χ1) is 6.56. The van der Waals surface area contributed by atoms with Gasteiger partial charge in [-0.3, -0.25) is 4.79 Å². The van der Waals surface area contributed by atoms with E-state index in [1.807, 2.05) is 6.92 Å². The van der Waals surface area contributed by atoms with Crippen LogP contribution in [-0.2, 0) is 9.53 Å². The topological polar surface area (TPSA) is 49.8 Å². The predicted octanol–water partition coefficient (Wildman–Crippen LogP) is 0.378. The Bertz CT molecular complexity index is 210. The highest BCUT2D eigenvalue weighted by molar-refractivity contribution is 9.10. The molecule has 0 saturated carbocycles. The number of hydrogen-bond acceptors (Lipinski definition) is 3. The molecule has 0 aromatic carbocycles. The van der Waals surface area contributed by atoms with Gasteiger partial charge in [0.1, 0.15) is 0 Å². The van der Waals surface area contributed by atoms with Gasteiger partial charge in [-0.1, -0.05) is 15.9 Å². The van der Waals surface area contributed by atoms with Crippen molar-refractivity contribution in [2.24, 2.45) is 0 Å². The van der Waals surface area contributed by atoms with Gasteiger partial charge < -0.3 is 14.7 Å². The molecule has 0 aromatic rings. The van der Waals surface area contributed by atoms with Gasteiger partial charge in [-0.15, -0.1) is 0 Å². The van der Waals surface area contributed by atoms with Crippen molar-refractivity contribution in [3.05, 3.63) is 0 Å². The van der Waals surface area contributed by atoms with Crippen molar-refractivity contribution in [3.63, 3.8) is 0 Å². The van der Waals surface area contributed by atoms with Crippen LogP contribution >= 0.6 is 15.9 Å². The van der Waals surface area contributed by atoms with E-state index >= 15 is 0 Å². The molecule has 1 aliphatic heterocycles. The number of carbonyl (C=O) groups is 1. The van der Waals surface area contributed by atoms with Crippen LogP contribution < -0.4 is 0 Å². The number of hydrogen-bond donors (Lipinski definition) is 1. The fourth-order valence-electron chi connectivity index (χ4n) is 1.46. The van der Waals surface area contributed by atoms with Crippen LogP contribution in [0.3, 0.4) is 0 Å². The molecule has 14 heavy (non-hydrogen) atoms. The van der Waals surface area contributed by atoms with Crippen LogP contribution in [0.25, 0.3) is 0 Å². The number of aliphatic hydroxyl groups excluding tert-OH is 1. The Morgan fingerprint density at radius 3 is 2.93 bits per heavy atom.